The Kier molecular flexibility index (Phi) is 5.37. The van der Waals surface area contributed by atoms with E-state index in [4.69, 9.17) is 0 Å². The molecular formula is C11H16BrN3O2. The van der Waals surface area contributed by atoms with Gasteiger partial charge in [-0.15, -0.1) is 0 Å². The molecule has 0 aliphatic heterocycles. The molecule has 0 aliphatic rings. The number of aromatic nitrogens is 1. The second-order valence-electron chi connectivity index (χ2n) is 3.73. The molecule has 0 saturated heterocycles. The van der Waals surface area contributed by atoms with Gasteiger partial charge in [0.1, 0.15) is 6.54 Å². The van der Waals surface area contributed by atoms with Gasteiger partial charge in [-0.05, 0) is 29.0 Å². The smallest absolute Gasteiger partial charge is 0.251 e. The second-order valence-corrected chi connectivity index (χ2v) is 4.65. The van der Waals surface area contributed by atoms with Gasteiger partial charge in [0.15, 0.2) is 0 Å². The molecule has 1 amide bonds. The third kappa shape index (κ3) is 4.32. The lowest BCUT2D eigenvalue weighted by Gasteiger charge is -2.17. The summed E-state index contributed by atoms with van der Waals surface area (Å²) in [4.78, 5) is 24.9. The first-order chi connectivity index (χ1) is 8.04. The summed E-state index contributed by atoms with van der Waals surface area (Å²) in [7, 11) is 3.56. The standard InChI is InChI=1S/C11H16BrN3O2/c1-13-5-6-14(2)11(17)8-15-7-9(12)3-4-10(15)16/h3-4,7,13H,5-6,8H2,1-2H3. The Hall–Kier alpha value is -1.14. The fourth-order valence-electron chi connectivity index (χ4n) is 1.30. The fraction of sp³-hybridized carbons (Fsp3) is 0.455. The van der Waals surface area contributed by atoms with Gasteiger partial charge in [0.25, 0.3) is 5.56 Å². The maximum absolute atomic E-state index is 11.8. The molecule has 1 rings (SSSR count). The van der Waals surface area contributed by atoms with Crippen LogP contribution in [-0.4, -0.2) is 42.6 Å². The molecule has 1 aromatic rings. The highest BCUT2D eigenvalue weighted by molar-refractivity contribution is 9.10. The first-order valence-corrected chi connectivity index (χ1v) is 6.08. The van der Waals surface area contributed by atoms with Gasteiger partial charge >= 0.3 is 0 Å². The van der Waals surface area contributed by atoms with Gasteiger partial charge in [0.05, 0.1) is 0 Å². The minimum atomic E-state index is -0.177. The molecule has 0 radical (unpaired) electrons. The minimum Gasteiger partial charge on any atom is -0.343 e. The zero-order valence-electron chi connectivity index (χ0n) is 9.94. The van der Waals surface area contributed by atoms with Gasteiger partial charge in [-0.2, -0.15) is 0 Å². The van der Waals surface area contributed by atoms with Crippen molar-refractivity contribution in [3.63, 3.8) is 0 Å². The number of carbonyl (C=O) groups excluding carboxylic acids is 1. The van der Waals surface area contributed by atoms with E-state index in [2.05, 4.69) is 21.2 Å². The van der Waals surface area contributed by atoms with Crippen LogP contribution in [0.3, 0.4) is 0 Å². The molecule has 1 N–H and O–H groups in total. The van der Waals surface area contributed by atoms with Crippen molar-refractivity contribution in [1.29, 1.82) is 0 Å². The van der Waals surface area contributed by atoms with Gasteiger partial charge in [0, 0.05) is 36.9 Å². The van der Waals surface area contributed by atoms with Crippen molar-refractivity contribution in [2.24, 2.45) is 0 Å². The van der Waals surface area contributed by atoms with E-state index in [0.29, 0.717) is 6.54 Å². The Bertz CT molecular complexity index is 445. The molecule has 0 bridgehead atoms. The monoisotopic (exact) mass is 301 g/mol. The summed E-state index contributed by atoms with van der Waals surface area (Å²) < 4.78 is 2.17. The molecule has 0 fully saturated rings. The quantitative estimate of drug-likeness (QED) is 0.850. The molecule has 0 aromatic carbocycles. The number of amides is 1. The highest BCUT2D eigenvalue weighted by atomic mass is 79.9. The topological polar surface area (TPSA) is 54.3 Å². The van der Waals surface area contributed by atoms with Crippen molar-refractivity contribution in [1.82, 2.24) is 14.8 Å². The first-order valence-electron chi connectivity index (χ1n) is 5.29. The van der Waals surface area contributed by atoms with E-state index < -0.39 is 0 Å². The lowest BCUT2D eigenvalue weighted by atomic mass is 10.4. The van der Waals surface area contributed by atoms with Crippen molar-refractivity contribution in [2.75, 3.05) is 27.2 Å². The summed E-state index contributed by atoms with van der Waals surface area (Å²) in [6, 6.07) is 3.10. The van der Waals surface area contributed by atoms with Gasteiger partial charge in [-0.3, -0.25) is 9.59 Å². The summed E-state index contributed by atoms with van der Waals surface area (Å²) in [5.41, 5.74) is -0.177. The molecule has 1 aromatic heterocycles. The molecule has 0 aliphatic carbocycles. The number of rotatable bonds is 5. The molecule has 5 nitrogen and oxygen atoms in total. The second kappa shape index (κ2) is 6.56. The van der Waals surface area contributed by atoms with Gasteiger partial charge in [-0.25, -0.2) is 0 Å². The summed E-state index contributed by atoms with van der Waals surface area (Å²) in [6.07, 6.45) is 1.62. The molecule has 6 heteroatoms. The number of pyridine rings is 1. The first kappa shape index (κ1) is 13.9. The average molecular weight is 302 g/mol. The van der Waals surface area contributed by atoms with Crippen LogP contribution in [0.25, 0.3) is 0 Å². The highest BCUT2D eigenvalue weighted by Gasteiger charge is 2.09. The van der Waals surface area contributed by atoms with E-state index in [1.807, 2.05) is 7.05 Å². The predicted octanol–water partition coefficient (Wildman–Crippen LogP) is 0.289. The van der Waals surface area contributed by atoms with Crippen LogP contribution >= 0.6 is 15.9 Å². The third-order valence-corrected chi connectivity index (χ3v) is 2.85. The maximum atomic E-state index is 11.8. The van der Waals surface area contributed by atoms with Crippen LogP contribution in [-0.2, 0) is 11.3 Å². The Morgan fingerprint density at radius 1 is 1.53 bits per heavy atom. The molecular weight excluding hydrogens is 286 g/mol. The van der Waals surface area contributed by atoms with Crippen LogP contribution < -0.4 is 10.9 Å². The number of nitrogens with one attached hydrogen (secondary N) is 1. The number of carbonyl (C=O) groups is 1. The van der Waals surface area contributed by atoms with E-state index >= 15 is 0 Å². The number of hydrogen-bond donors (Lipinski definition) is 1. The van der Waals surface area contributed by atoms with Gasteiger partial charge in [0.2, 0.25) is 5.91 Å². The molecule has 17 heavy (non-hydrogen) atoms. The normalized spacial score (nSPS) is 10.3. The summed E-state index contributed by atoms with van der Waals surface area (Å²) >= 11 is 3.27. The van der Waals surface area contributed by atoms with Crippen LogP contribution in [0.5, 0.6) is 0 Å². The fourth-order valence-corrected chi connectivity index (χ4v) is 1.68. The SMILES string of the molecule is CNCCN(C)C(=O)Cn1cc(Br)ccc1=O. The Balaban J connectivity index is 2.67. The summed E-state index contributed by atoms with van der Waals surface area (Å²) in [6.45, 7) is 1.42. The van der Waals surface area contributed by atoms with Gasteiger partial charge in [-0.1, -0.05) is 0 Å². The molecule has 0 atom stereocenters. The molecule has 0 unspecified atom stereocenters. The van der Waals surface area contributed by atoms with Crippen molar-refractivity contribution in [2.45, 2.75) is 6.54 Å². The van der Waals surface area contributed by atoms with Gasteiger partial charge < -0.3 is 14.8 Å². The molecule has 0 spiro atoms. The third-order valence-electron chi connectivity index (χ3n) is 2.38. The van der Waals surface area contributed by atoms with E-state index in [0.717, 1.165) is 11.0 Å². The van der Waals surface area contributed by atoms with Crippen molar-refractivity contribution in [3.05, 3.63) is 33.2 Å². The highest BCUT2D eigenvalue weighted by Crippen LogP contribution is 2.04. The van der Waals surface area contributed by atoms with Crippen LogP contribution in [0, 0.1) is 0 Å². The zero-order chi connectivity index (χ0) is 12.8. The average Bonchev–Trinajstić information content (AvgIpc) is 2.30. The Morgan fingerprint density at radius 2 is 2.24 bits per heavy atom. The summed E-state index contributed by atoms with van der Waals surface area (Å²) in [5.74, 6) is -0.0829. The van der Waals surface area contributed by atoms with Crippen molar-refractivity contribution < 1.29 is 4.79 Å². The number of nitrogens with zero attached hydrogens (tertiary/aromatic N) is 2. The van der Waals surface area contributed by atoms with Crippen LogP contribution in [0.15, 0.2) is 27.6 Å². The van der Waals surface area contributed by atoms with Crippen molar-refractivity contribution >= 4 is 21.8 Å². The van der Waals surface area contributed by atoms with Crippen LogP contribution in [0.4, 0.5) is 0 Å². The van der Waals surface area contributed by atoms with E-state index in [-0.39, 0.29) is 18.0 Å². The lowest BCUT2D eigenvalue weighted by Crippen LogP contribution is -2.37. The lowest BCUT2D eigenvalue weighted by molar-refractivity contribution is -0.130. The van der Waals surface area contributed by atoms with E-state index in [9.17, 15) is 9.59 Å². The van der Waals surface area contributed by atoms with E-state index in [1.165, 1.54) is 10.6 Å². The summed E-state index contributed by atoms with van der Waals surface area (Å²) in [5, 5.41) is 2.97. The molecule has 0 saturated carbocycles. The van der Waals surface area contributed by atoms with E-state index in [1.54, 1.807) is 24.2 Å². The Labute approximate surface area is 109 Å². The minimum absolute atomic E-state index is 0.0679. The van der Waals surface area contributed by atoms with Crippen molar-refractivity contribution in [3.8, 4) is 0 Å². The molecule has 94 valence electrons. The number of halogens is 1. The number of likely N-dealkylation sites (N-methyl/N-ethyl adjacent to an activating group) is 2. The molecule has 1 heterocycles. The van der Waals surface area contributed by atoms with Crippen LogP contribution in [0.1, 0.15) is 0 Å². The predicted molar refractivity (Wildman–Crippen MR) is 70.0 cm³/mol. The zero-order valence-corrected chi connectivity index (χ0v) is 11.5. The largest absolute Gasteiger partial charge is 0.343 e. The number of hydrogen-bond acceptors (Lipinski definition) is 3. The Morgan fingerprint density at radius 3 is 2.88 bits per heavy atom. The maximum Gasteiger partial charge on any atom is 0.251 e. The van der Waals surface area contributed by atoms with Crippen LogP contribution in [0.2, 0.25) is 0 Å².